The van der Waals surface area contributed by atoms with Crippen molar-refractivity contribution >= 4 is 17.4 Å². The number of nitro benzene ring substituents is 1. The van der Waals surface area contributed by atoms with Crippen molar-refractivity contribution in [2.45, 2.75) is 0 Å². The van der Waals surface area contributed by atoms with Gasteiger partial charge >= 0.3 is 0 Å². The van der Waals surface area contributed by atoms with Crippen LogP contribution in [0.1, 0.15) is 0 Å². The maximum atomic E-state index is 10.7. The fraction of sp³-hybridized carbons (Fsp3) is 0.133. The van der Waals surface area contributed by atoms with Crippen molar-refractivity contribution in [2.24, 2.45) is 0 Å². The lowest BCUT2D eigenvalue weighted by atomic mass is 10.3. The van der Waals surface area contributed by atoms with Gasteiger partial charge in [-0.05, 0) is 42.1 Å². The maximum Gasteiger partial charge on any atom is 0.273 e. The summed E-state index contributed by atoms with van der Waals surface area (Å²) in [6.45, 7) is 0.448. The standard InChI is InChI=1S/C15H12N2O4S/c16-11-22-9-8-20-13-4-6-14(7-5-13)21-15-3-1-2-12(10-15)17(18)19/h1-7,10H,8-9H2. The van der Waals surface area contributed by atoms with Crippen molar-refractivity contribution in [1.82, 2.24) is 0 Å². The summed E-state index contributed by atoms with van der Waals surface area (Å²) in [5.41, 5.74) is -0.0209. The highest BCUT2D eigenvalue weighted by molar-refractivity contribution is 8.03. The third kappa shape index (κ3) is 4.68. The van der Waals surface area contributed by atoms with Crippen LogP contribution in [0, 0.1) is 20.8 Å². The van der Waals surface area contributed by atoms with Gasteiger partial charge < -0.3 is 9.47 Å². The minimum Gasteiger partial charge on any atom is -0.493 e. The summed E-state index contributed by atoms with van der Waals surface area (Å²) >= 11 is 1.14. The Morgan fingerprint density at radius 3 is 2.55 bits per heavy atom. The minimum absolute atomic E-state index is 0.0209. The van der Waals surface area contributed by atoms with E-state index in [2.05, 4.69) is 0 Å². The topological polar surface area (TPSA) is 85.4 Å². The summed E-state index contributed by atoms with van der Waals surface area (Å²) in [5, 5.41) is 21.1. The lowest BCUT2D eigenvalue weighted by Crippen LogP contribution is -1.99. The van der Waals surface area contributed by atoms with Gasteiger partial charge in [-0.15, -0.1) is 0 Å². The molecule has 22 heavy (non-hydrogen) atoms. The van der Waals surface area contributed by atoms with Gasteiger partial charge in [0.05, 0.1) is 17.6 Å². The summed E-state index contributed by atoms with van der Waals surface area (Å²) in [6, 6.07) is 12.9. The van der Waals surface area contributed by atoms with Gasteiger partial charge in [0.1, 0.15) is 22.6 Å². The molecular weight excluding hydrogens is 304 g/mol. The van der Waals surface area contributed by atoms with E-state index >= 15 is 0 Å². The van der Waals surface area contributed by atoms with E-state index in [1.54, 1.807) is 36.4 Å². The molecule has 2 aromatic carbocycles. The molecule has 0 bridgehead atoms. The van der Waals surface area contributed by atoms with Crippen LogP contribution in [0.4, 0.5) is 5.69 Å². The van der Waals surface area contributed by atoms with Gasteiger partial charge in [-0.25, -0.2) is 0 Å². The van der Waals surface area contributed by atoms with Crippen LogP contribution in [0.15, 0.2) is 48.5 Å². The van der Waals surface area contributed by atoms with Gasteiger partial charge in [0, 0.05) is 11.8 Å². The van der Waals surface area contributed by atoms with Gasteiger partial charge in [0.15, 0.2) is 0 Å². The Hall–Kier alpha value is -2.72. The number of nitrogens with zero attached hydrogens (tertiary/aromatic N) is 2. The van der Waals surface area contributed by atoms with E-state index in [9.17, 15) is 10.1 Å². The van der Waals surface area contributed by atoms with Crippen molar-refractivity contribution < 1.29 is 14.4 Å². The number of nitriles is 1. The van der Waals surface area contributed by atoms with E-state index in [0.717, 1.165) is 11.8 Å². The number of ether oxygens (including phenoxy) is 2. The quantitative estimate of drug-likeness (QED) is 0.332. The summed E-state index contributed by atoms with van der Waals surface area (Å²) < 4.78 is 11.0. The number of thioether (sulfide) groups is 1. The second-order valence-electron chi connectivity index (χ2n) is 4.12. The molecule has 6 nitrogen and oxygen atoms in total. The second kappa shape index (κ2) is 7.90. The van der Waals surface area contributed by atoms with Crippen molar-refractivity contribution in [2.75, 3.05) is 12.4 Å². The van der Waals surface area contributed by atoms with E-state index in [1.807, 2.05) is 5.40 Å². The van der Waals surface area contributed by atoms with E-state index in [-0.39, 0.29) is 5.69 Å². The Morgan fingerprint density at radius 1 is 1.14 bits per heavy atom. The molecule has 0 atom stereocenters. The number of hydrogen-bond donors (Lipinski definition) is 0. The number of benzene rings is 2. The molecule has 2 rings (SSSR count). The van der Waals surface area contributed by atoms with E-state index in [1.165, 1.54) is 12.1 Å². The number of thiocyanates is 1. The smallest absolute Gasteiger partial charge is 0.273 e. The van der Waals surface area contributed by atoms with Crippen LogP contribution >= 0.6 is 11.8 Å². The van der Waals surface area contributed by atoms with E-state index < -0.39 is 4.92 Å². The van der Waals surface area contributed by atoms with Gasteiger partial charge in [0.25, 0.3) is 5.69 Å². The van der Waals surface area contributed by atoms with Gasteiger partial charge in [0.2, 0.25) is 0 Å². The van der Waals surface area contributed by atoms with E-state index in [4.69, 9.17) is 14.7 Å². The Labute approximate surface area is 131 Å². The number of rotatable bonds is 7. The SMILES string of the molecule is N#CSCCOc1ccc(Oc2cccc([N+](=O)[O-])c2)cc1. The first-order valence-corrected chi connectivity index (χ1v) is 7.33. The predicted octanol–water partition coefficient (Wildman–Crippen LogP) is 3.98. The molecule has 0 aromatic heterocycles. The molecule has 0 N–H and O–H groups in total. The van der Waals surface area contributed by atoms with Crippen LogP contribution < -0.4 is 9.47 Å². The highest BCUT2D eigenvalue weighted by atomic mass is 32.2. The largest absolute Gasteiger partial charge is 0.493 e. The lowest BCUT2D eigenvalue weighted by molar-refractivity contribution is -0.384. The molecule has 0 saturated heterocycles. The van der Waals surface area contributed by atoms with Gasteiger partial charge in [-0.3, -0.25) is 10.1 Å². The molecule has 0 aliphatic rings. The predicted molar refractivity (Wildman–Crippen MR) is 83.2 cm³/mol. The number of nitro groups is 1. The zero-order valence-corrected chi connectivity index (χ0v) is 12.3. The molecule has 0 unspecified atom stereocenters. The molecule has 0 aliphatic heterocycles. The van der Waals surface area contributed by atoms with Gasteiger partial charge in [-0.1, -0.05) is 6.07 Å². The zero-order chi connectivity index (χ0) is 15.8. The van der Waals surface area contributed by atoms with Crippen LogP contribution in [-0.2, 0) is 0 Å². The van der Waals surface area contributed by atoms with Crippen LogP contribution in [-0.4, -0.2) is 17.3 Å². The Morgan fingerprint density at radius 2 is 1.86 bits per heavy atom. The Kier molecular flexibility index (Phi) is 5.63. The fourth-order valence-electron chi connectivity index (χ4n) is 1.65. The van der Waals surface area contributed by atoms with Crippen LogP contribution in [0.3, 0.4) is 0 Å². The van der Waals surface area contributed by atoms with Crippen molar-refractivity contribution in [3.63, 3.8) is 0 Å². The monoisotopic (exact) mass is 316 g/mol. The highest BCUT2D eigenvalue weighted by Crippen LogP contribution is 2.26. The first-order chi connectivity index (χ1) is 10.7. The van der Waals surface area contributed by atoms with Crippen LogP contribution in [0.5, 0.6) is 17.2 Å². The van der Waals surface area contributed by atoms with Crippen LogP contribution in [0.25, 0.3) is 0 Å². The Bertz CT molecular complexity index is 683. The molecular formula is C15H12N2O4S. The molecule has 0 spiro atoms. The summed E-state index contributed by atoms with van der Waals surface area (Å²) in [6.07, 6.45) is 0. The normalized spacial score (nSPS) is 9.77. The second-order valence-corrected chi connectivity index (χ2v) is 5.00. The average molecular weight is 316 g/mol. The molecule has 0 saturated carbocycles. The molecule has 0 heterocycles. The average Bonchev–Trinajstić information content (AvgIpc) is 2.53. The zero-order valence-electron chi connectivity index (χ0n) is 11.5. The van der Waals surface area contributed by atoms with Gasteiger partial charge in [-0.2, -0.15) is 5.26 Å². The minimum atomic E-state index is -0.469. The fourth-order valence-corrected chi connectivity index (χ4v) is 1.91. The maximum absolute atomic E-state index is 10.7. The molecule has 112 valence electrons. The molecule has 7 heteroatoms. The molecule has 0 aliphatic carbocycles. The lowest BCUT2D eigenvalue weighted by Gasteiger charge is -2.07. The van der Waals surface area contributed by atoms with Crippen molar-refractivity contribution in [3.8, 4) is 22.6 Å². The van der Waals surface area contributed by atoms with Crippen molar-refractivity contribution in [1.29, 1.82) is 5.26 Å². The molecule has 0 fully saturated rings. The first kappa shape index (κ1) is 15.7. The van der Waals surface area contributed by atoms with E-state index in [0.29, 0.717) is 29.6 Å². The first-order valence-electron chi connectivity index (χ1n) is 6.35. The summed E-state index contributed by atoms with van der Waals surface area (Å²) in [7, 11) is 0. The molecule has 0 amide bonds. The summed E-state index contributed by atoms with van der Waals surface area (Å²) in [4.78, 5) is 10.2. The molecule has 0 radical (unpaired) electrons. The molecule has 2 aromatic rings. The third-order valence-electron chi connectivity index (χ3n) is 2.61. The highest BCUT2D eigenvalue weighted by Gasteiger charge is 2.07. The number of non-ortho nitro benzene ring substituents is 1. The van der Waals surface area contributed by atoms with Crippen LogP contribution in [0.2, 0.25) is 0 Å². The number of hydrogen-bond acceptors (Lipinski definition) is 6. The third-order valence-corrected chi connectivity index (χ3v) is 3.11. The summed E-state index contributed by atoms with van der Waals surface area (Å²) in [5.74, 6) is 2.22. The Balaban J connectivity index is 1.95. The van der Waals surface area contributed by atoms with Crippen molar-refractivity contribution in [3.05, 3.63) is 58.6 Å².